The molecule has 0 radical (unpaired) electrons. The van der Waals surface area contributed by atoms with Gasteiger partial charge in [-0.25, -0.2) is 4.98 Å². The van der Waals surface area contributed by atoms with Crippen LogP contribution in [0.25, 0.3) is 10.2 Å². The lowest BCUT2D eigenvalue weighted by Crippen LogP contribution is -1.89. The zero-order valence-electron chi connectivity index (χ0n) is 7.66. The number of nitrogens with two attached hydrogens (primary N) is 1. The molecule has 0 bridgehead atoms. The van der Waals surface area contributed by atoms with E-state index in [1.54, 1.807) is 0 Å². The fraction of sp³-hybridized carbons (Fsp3) is 0. The predicted molar refractivity (Wildman–Crippen MR) is 63.2 cm³/mol. The average molecular weight is 283 g/mol. The van der Waals surface area contributed by atoms with E-state index >= 15 is 0 Å². The van der Waals surface area contributed by atoms with Gasteiger partial charge in [-0.3, -0.25) is 9.11 Å². The van der Waals surface area contributed by atoms with Crippen molar-refractivity contribution in [1.29, 1.82) is 0 Å². The van der Waals surface area contributed by atoms with E-state index in [0.717, 1.165) is 15.2 Å². The average Bonchev–Trinajstić information content (AvgIpc) is 2.40. The Morgan fingerprint density at radius 1 is 1.38 bits per heavy atom. The third-order valence-corrected chi connectivity index (χ3v) is 2.45. The van der Waals surface area contributed by atoms with Gasteiger partial charge in [-0.2, -0.15) is 8.42 Å². The Bertz CT molecular complexity index is 587. The third kappa shape index (κ3) is 4.73. The van der Waals surface area contributed by atoms with Gasteiger partial charge in [0.15, 0.2) is 5.13 Å². The lowest BCUT2D eigenvalue weighted by Gasteiger charge is -1.86. The van der Waals surface area contributed by atoms with Crippen LogP contribution in [0.5, 0.6) is 0 Å². The summed E-state index contributed by atoms with van der Waals surface area (Å²) in [7, 11) is -4.67. The van der Waals surface area contributed by atoms with E-state index in [9.17, 15) is 0 Å². The molecule has 9 heteroatoms. The zero-order valence-corrected chi connectivity index (χ0v) is 10.1. The van der Waals surface area contributed by atoms with E-state index in [1.807, 2.05) is 18.2 Å². The second-order valence-electron chi connectivity index (χ2n) is 2.61. The number of anilines is 1. The fourth-order valence-corrected chi connectivity index (χ4v) is 1.93. The number of thiazole rings is 1. The Labute approximate surface area is 100 Å². The quantitative estimate of drug-likeness (QED) is 0.636. The summed E-state index contributed by atoms with van der Waals surface area (Å²) in [5.41, 5.74) is 6.42. The fourth-order valence-electron chi connectivity index (χ4n) is 0.916. The first-order valence-electron chi connectivity index (χ1n) is 3.77. The second-order valence-corrected chi connectivity index (χ2v) is 5.01. The van der Waals surface area contributed by atoms with Gasteiger partial charge in [-0.1, -0.05) is 22.9 Å². The first-order chi connectivity index (χ1) is 7.25. The summed E-state index contributed by atoms with van der Waals surface area (Å²) >= 11 is 7.21. The molecule has 0 spiro atoms. The second kappa shape index (κ2) is 4.93. The molecule has 2 aromatic rings. The Morgan fingerprint density at radius 2 is 1.94 bits per heavy atom. The molecule has 4 N–H and O–H groups in total. The monoisotopic (exact) mass is 282 g/mol. The highest BCUT2D eigenvalue weighted by Gasteiger charge is 1.99. The minimum Gasteiger partial charge on any atom is -0.375 e. The summed E-state index contributed by atoms with van der Waals surface area (Å²) in [4.78, 5) is 4.09. The summed E-state index contributed by atoms with van der Waals surface area (Å²) < 4.78 is 32.6. The number of nitrogens with zero attached hydrogens (tertiary/aromatic N) is 1. The molecule has 0 atom stereocenters. The van der Waals surface area contributed by atoms with E-state index < -0.39 is 10.4 Å². The van der Waals surface area contributed by atoms with Crippen molar-refractivity contribution in [1.82, 2.24) is 4.98 Å². The van der Waals surface area contributed by atoms with E-state index in [4.69, 9.17) is 34.9 Å². The minimum absolute atomic E-state index is 0.585. The number of benzene rings is 1. The molecule has 1 aromatic heterocycles. The molecule has 1 aromatic carbocycles. The van der Waals surface area contributed by atoms with Gasteiger partial charge < -0.3 is 5.73 Å². The molecule has 2 rings (SSSR count). The topological polar surface area (TPSA) is 114 Å². The first kappa shape index (κ1) is 13.1. The maximum Gasteiger partial charge on any atom is 0.394 e. The molecular weight excluding hydrogens is 276 g/mol. The van der Waals surface area contributed by atoms with E-state index in [2.05, 4.69) is 4.98 Å². The Morgan fingerprint density at radius 3 is 2.50 bits per heavy atom. The molecule has 6 nitrogen and oxygen atoms in total. The van der Waals surface area contributed by atoms with Gasteiger partial charge in [0.1, 0.15) is 0 Å². The molecule has 0 amide bonds. The molecular formula is C7H7ClN2O4S2. The lowest BCUT2D eigenvalue weighted by atomic mass is 10.3. The van der Waals surface area contributed by atoms with Crippen molar-refractivity contribution in [2.45, 2.75) is 0 Å². The SMILES string of the molecule is Nc1nc2ccc(Cl)cc2s1.O=S(=O)(O)O. The van der Waals surface area contributed by atoms with E-state index in [1.165, 1.54) is 11.3 Å². The van der Waals surface area contributed by atoms with Gasteiger partial charge in [0, 0.05) is 5.02 Å². The maximum absolute atomic E-state index is 8.74. The van der Waals surface area contributed by atoms with Crippen molar-refractivity contribution in [2.75, 3.05) is 5.73 Å². The van der Waals surface area contributed by atoms with Crippen molar-refractivity contribution < 1.29 is 17.5 Å². The predicted octanol–water partition coefficient (Wildman–Crippen LogP) is 1.88. The standard InChI is InChI=1S/C7H5ClN2S.H2O4S/c8-4-1-2-5-6(3-4)11-7(9)10-5;1-5(2,3)4/h1-3H,(H2,9,10);(H2,1,2,3,4). The van der Waals surface area contributed by atoms with Crippen LogP contribution in [0.1, 0.15) is 0 Å². The smallest absolute Gasteiger partial charge is 0.375 e. The molecule has 0 saturated heterocycles. The molecule has 88 valence electrons. The number of halogens is 1. The van der Waals surface area contributed by atoms with Crippen LogP contribution in [0.15, 0.2) is 18.2 Å². The Balaban J connectivity index is 0.000000221. The lowest BCUT2D eigenvalue weighted by molar-refractivity contribution is 0.381. The van der Waals surface area contributed by atoms with Crippen LogP contribution in [-0.4, -0.2) is 22.5 Å². The summed E-state index contributed by atoms with van der Waals surface area (Å²) in [5, 5.41) is 1.31. The normalized spacial score (nSPS) is 10.9. The molecule has 0 unspecified atom stereocenters. The minimum atomic E-state index is -4.67. The van der Waals surface area contributed by atoms with Gasteiger partial charge in [0.2, 0.25) is 0 Å². The van der Waals surface area contributed by atoms with Crippen LogP contribution in [0, 0.1) is 0 Å². The first-order valence-corrected chi connectivity index (χ1v) is 6.36. The van der Waals surface area contributed by atoms with Crippen LogP contribution in [0.2, 0.25) is 5.02 Å². The summed E-state index contributed by atoms with van der Waals surface area (Å²) in [5.74, 6) is 0. The third-order valence-electron chi connectivity index (χ3n) is 1.37. The number of nitrogen functional groups attached to an aromatic ring is 1. The number of fused-ring (bicyclic) bond motifs is 1. The van der Waals surface area contributed by atoms with Crippen molar-refractivity contribution in [3.63, 3.8) is 0 Å². The van der Waals surface area contributed by atoms with Crippen molar-refractivity contribution >= 4 is 48.7 Å². The number of hydrogen-bond acceptors (Lipinski definition) is 5. The van der Waals surface area contributed by atoms with E-state index in [0.29, 0.717) is 5.13 Å². The molecule has 0 fully saturated rings. The van der Waals surface area contributed by atoms with Gasteiger partial charge in [-0.15, -0.1) is 0 Å². The summed E-state index contributed by atoms with van der Waals surface area (Å²) in [6.45, 7) is 0. The summed E-state index contributed by atoms with van der Waals surface area (Å²) in [6.07, 6.45) is 0. The van der Waals surface area contributed by atoms with Crippen LogP contribution < -0.4 is 5.73 Å². The number of hydrogen-bond donors (Lipinski definition) is 3. The van der Waals surface area contributed by atoms with Gasteiger partial charge in [-0.05, 0) is 18.2 Å². The van der Waals surface area contributed by atoms with Crippen LogP contribution in [0.3, 0.4) is 0 Å². The highest BCUT2D eigenvalue weighted by atomic mass is 35.5. The zero-order chi connectivity index (χ0) is 12.3. The van der Waals surface area contributed by atoms with Gasteiger partial charge >= 0.3 is 10.4 Å². The highest BCUT2D eigenvalue weighted by molar-refractivity contribution is 7.79. The highest BCUT2D eigenvalue weighted by Crippen LogP contribution is 2.25. The molecule has 0 saturated carbocycles. The molecule has 1 heterocycles. The van der Waals surface area contributed by atoms with Crippen LogP contribution in [0.4, 0.5) is 5.13 Å². The van der Waals surface area contributed by atoms with Crippen LogP contribution in [-0.2, 0) is 10.4 Å². The molecule has 0 aliphatic carbocycles. The largest absolute Gasteiger partial charge is 0.394 e. The maximum atomic E-state index is 8.74. The molecule has 0 aliphatic rings. The van der Waals surface area contributed by atoms with Crippen molar-refractivity contribution in [3.05, 3.63) is 23.2 Å². The number of rotatable bonds is 0. The number of aromatic nitrogens is 1. The van der Waals surface area contributed by atoms with E-state index in [-0.39, 0.29) is 0 Å². The van der Waals surface area contributed by atoms with Crippen molar-refractivity contribution in [2.24, 2.45) is 0 Å². The molecule has 16 heavy (non-hydrogen) atoms. The Kier molecular flexibility index (Phi) is 4.05. The van der Waals surface area contributed by atoms with Gasteiger partial charge in [0.25, 0.3) is 0 Å². The summed E-state index contributed by atoms with van der Waals surface area (Å²) in [6, 6.07) is 5.54. The molecule has 0 aliphatic heterocycles. The van der Waals surface area contributed by atoms with Gasteiger partial charge in [0.05, 0.1) is 10.2 Å². The van der Waals surface area contributed by atoms with Crippen LogP contribution >= 0.6 is 22.9 Å². The van der Waals surface area contributed by atoms with Crippen molar-refractivity contribution in [3.8, 4) is 0 Å². The Hall–Kier alpha value is -0.930.